The monoisotopic (exact) mass is 275 g/mol. The van der Waals surface area contributed by atoms with Crippen LogP contribution in [0.4, 0.5) is 0 Å². The van der Waals surface area contributed by atoms with E-state index in [4.69, 9.17) is 35.4 Å². The van der Waals surface area contributed by atoms with Crippen LogP contribution in [0.2, 0.25) is 10.0 Å². The summed E-state index contributed by atoms with van der Waals surface area (Å²) in [6, 6.07) is 5.53. The van der Waals surface area contributed by atoms with Crippen molar-refractivity contribution in [3.05, 3.63) is 33.8 Å². The van der Waals surface area contributed by atoms with Crippen LogP contribution in [-0.4, -0.2) is 23.3 Å². The lowest BCUT2D eigenvalue weighted by molar-refractivity contribution is 0.236. The second-order valence-electron chi connectivity index (χ2n) is 3.53. The van der Waals surface area contributed by atoms with Gasteiger partial charge >= 0.3 is 0 Å². The highest BCUT2D eigenvalue weighted by molar-refractivity contribution is 7.80. The molecule has 0 aromatic heterocycles. The van der Waals surface area contributed by atoms with Crippen LogP contribution in [0.1, 0.15) is 5.56 Å². The number of hydrogen-bond acceptors (Lipinski definition) is 2. The largest absolute Gasteiger partial charge is 0.350 e. The molecule has 2 rings (SSSR count). The molecular weight excluding hydrogens is 265 g/mol. The Labute approximate surface area is 110 Å². The third-order valence-corrected chi connectivity index (χ3v) is 3.37. The molecule has 0 atom stereocenters. The molecule has 0 radical (unpaired) electrons. The first kappa shape index (κ1) is 11.9. The van der Waals surface area contributed by atoms with Crippen molar-refractivity contribution >= 4 is 40.5 Å². The molecule has 3 nitrogen and oxygen atoms in total. The van der Waals surface area contributed by atoms with Crippen LogP contribution < -0.4 is 10.6 Å². The molecule has 1 heterocycles. The number of nitrogens with zero attached hydrogens (tertiary/aromatic N) is 1. The summed E-state index contributed by atoms with van der Waals surface area (Å²) >= 11 is 17.2. The van der Waals surface area contributed by atoms with E-state index in [9.17, 15) is 0 Å². The van der Waals surface area contributed by atoms with Crippen molar-refractivity contribution < 1.29 is 0 Å². The van der Waals surface area contributed by atoms with Gasteiger partial charge in [-0.15, -0.1) is 0 Å². The minimum Gasteiger partial charge on any atom is -0.350 e. The number of halogens is 2. The summed E-state index contributed by atoms with van der Waals surface area (Å²) in [6.07, 6.45) is 0. The first-order valence-corrected chi connectivity index (χ1v) is 6.00. The van der Waals surface area contributed by atoms with E-state index in [0.717, 1.165) is 5.56 Å². The van der Waals surface area contributed by atoms with Crippen LogP contribution in [0.15, 0.2) is 18.2 Å². The lowest BCUT2D eigenvalue weighted by atomic mass is 10.2. The highest BCUT2D eigenvalue weighted by atomic mass is 35.5. The van der Waals surface area contributed by atoms with E-state index in [1.54, 1.807) is 0 Å². The molecule has 1 aromatic rings. The van der Waals surface area contributed by atoms with Crippen LogP contribution in [0.5, 0.6) is 0 Å². The molecule has 1 aliphatic heterocycles. The van der Waals surface area contributed by atoms with E-state index in [0.29, 0.717) is 35.0 Å². The first-order valence-electron chi connectivity index (χ1n) is 4.84. The van der Waals surface area contributed by atoms with Gasteiger partial charge in [-0.1, -0.05) is 29.3 Å². The minimum atomic E-state index is 0.682. The molecule has 0 aliphatic carbocycles. The smallest absolute Gasteiger partial charge is 0.168 e. The maximum absolute atomic E-state index is 6.10. The molecule has 1 fully saturated rings. The van der Waals surface area contributed by atoms with E-state index in [1.165, 1.54) is 0 Å². The Morgan fingerprint density at radius 2 is 1.75 bits per heavy atom. The Morgan fingerprint density at radius 1 is 1.19 bits per heavy atom. The van der Waals surface area contributed by atoms with E-state index >= 15 is 0 Å². The molecule has 6 heteroatoms. The average molecular weight is 276 g/mol. The lowest BCUT2D eigenvalue weighted by Crippen LogP contribution is -2.53. The topological polar surface area (TPSA) is 27.3 Å². The Hall–Kier alpha value is -0.550. The number of nitrogens with one attached hydrogen (secondary N) is 2. The standard InChI is InChI=1S/C10H11Cl2N3S/c11-8-2-1-3-9(12)7(8)4-15-5-13-10(16)14-6-15/h1-3H,4-6H2,(H2,13,14,16). The Bertz CT molecular complexity index is 381. The quantitative estimate of drug-likeness (QED) is 0.810. The predicted molar refractivity (Wildman–Crippen MR) is 70.6 cm³/mol. The molecule has 16 heavy (non-hydrogen) atoms. The van der Waals surface area contributed by atoms with Gasteiger partial charge in [0.2, 0.25) is 0 Å². The fourth-order valence-corrected chi connectivity index (χ4v) is 2.15. The zero-order chi connectivity index (χ0) is 11.5. The molecule has 0 amide bonds. The summed E-state index contributed by atoms with van der Waals surface area (Å²) in [5.74, 6) is 0. The van der Waals surface area contributed by atoms with Crippen LogP contribution in [0, 0.1) is 0 Å². The molecule has 1 aromatic carbocycles. The summed E-state index contributed by atoms with van der Waals surface area (Å²) in [7, 11) is 0. The molecule has 0 spiro atoms. The Kier molecular flexibility index (Phi) is 3.86. The summed E-state index contributed by atoms with van der Waals surface area (Å²) in [6.45, 7) is 2.10. The maximum atomic E-state index is 6.10. The maximum Gasteiger partial charge on any atom is 0.168 e. The van der Waals surface area contributed by atoms with Crippen LogP contribution in [0.3, 0.4) is 0 Å². The SMILES string of the molecule is S=C1NCN(Cc2c(Cl)cccc2Cl)CN1. The van der Waals surface area contributed by atoms with E-state index < -0.39 is 0 Å². The fraction of sp³-hybridized carbons (Fsp3) is 0.300. The zero-order valence-corrected chi connectivity index (χ0v) is 10.8. The van der Waals surface area contributed by atoms with Gasteiger partial charge in [-0.25, -0.2) is 0 Å². The van der Waals surface area contributed by atoms with Gasteiger partial charge in [-0.05, 0) is 24.4 Å². The Balaban J connectivity index is 2.06. The highest BCUT2D eigenvalue weighted by Crippen LogP contribution is 2.25. The van der Waals surface area contributed by atoms with Gasteiger partial charge in [0.15, 0.2) is 5.11 Å². The fourth-order valence-electron chi connectivity index (χ4n) is 1.50. The predicted octanol–water partition coefficient (Wildman–Crippen LogP) is 2.19. The molecular formula is C10H11Cl2N3S. The minimum absolute atomic E-state index is 0.682. The van der Waals surface area contributed by atoms with E-state index in [2.05, 4.69) is 15.5 Å². The van der Waals surface area contributed by atoms with Gasteiger partial charge in [0.1, 0.15) is 0 Å². The van der Waals surface area contributed by atoms with E-state index in [-0.39, 0.29) is 0 Å². The summed E-state index contributed by atoms with van der Waals surface area (Å²) in [4.78, 5) is 2.13. The average Bonchev–Trinajstić information content (AvgIpc) is 2.26. The first-order chi connectivity index (χ1) is 7.66. The molecule has 2 N–H and O–H groups in total. The van der Waals surface area contributed by atoms with Crippen molar-refractivity contribution in [1.82, 2.24) is 15.5 Å². The zero-order valence-electron chi connectivity index (χ0n) is 8.46. The van der Waals surface area contributed by atoms with Crippen molar-refractivity contribution in [2.45, 2.75) is 6.54 Å². The van der Waals surface area contributed by atoms with Gasteiger partial charge in [0.05, 0.1) is 13.3 Å². The van der Waals surface area contributed by atoms with Crippen molar-refractivity contribution in [3.8, 4) is 0 Å². The van der Waals surface area contributed by atoms with Gasteiger partial charge in [-0.3, -0.25) is 4.90 Å². The van der Waals surface area contributed by atoms with Crippen LogP contribution >= 0.6 is 35.4 Å². The van der Waals surface area contributed by atoms with Gasteiger partial charge in [-0.2, -0.15) is 0 Å². The number of rotatable bonds is 2. The van der Waals surface area contributed by atoms with Crippen molar-refractivity contribution in [2.24, 2.45) is 0 Å². The molecule has 0 saturated carbocycles. The Morgan fingerprint density at radius 3 is 2.31 bits per heavy atom. The number of hydrogen-bond donors (Lipinski definition) is 2. The summed E-state index contributed by atoms with van der Waals surface area (Å²) < 4.78 is 0. The van der Waals surface area contributed by atoms with Crippen molar-refractivity contribution in [2.75, 3.05) is 13.3 Å². The van der Waals surface area contributed by atoms with Gasteiger partial charge in [0, 0.05) is 22.2 Å². The second kappa shape index (κ2) is 5.19. The van der Waals surface area contributed by atoms with Crippen molar-refractivity contribution in [1.29, 1.82) is 0 Å². The molecule has 0 bridgehead atoms. The third-order valence-electron chi connectivity index (χ3n) is 2.37. The second-order valence-corrected chi connectivity index (χ2v) is 4.75. The molecule has 1 saturated heterocycles. The number of benzene rings is 1. The van der Waals surface area contributed by atoms with E-state index in [1.807, 2.05) is 18.2 Å². The normalized spacial score (nSPS) is 16.8. The molecule has 86 valence electrons. The van der Waals surface area contributed by atoms with Crippen LogP contribution in [0.25, 0.3) is 0 Å². The molecule has 1 aliphatic rings. The summed E-state index contributed by atoms with van der Waals surface area (Å²) in [5, 5.41) is 8.17. The van der Waals surface area contributed by atoms with Gasteiger partial charge in [0.25, 0.3) is 0 Å². The number of thiocarbonyl (C=S) groups is 1. The molecule has 0 unspecified atom stereocenters. The summed E-state index contributed by atoms with van der Waals surface area (Å²) in [5.41, 5.74) is 0.947. The highest BCUT2D eigenvalue weighted by Gasteiger charge is 2.15. The third kappa shape index (κ3) is 2.77. The lowest BCUT2D eigenvalue weighted by Gasteiger charge is -2.29. The van der Waals surface area contributed by atoms with Crippen LogP contribution in [-0.2, 0) is 6.54 Å². The van der Waals surface area contributed by atoms with Gasteiger partial charge < -0.3 is 10.6 Å². The van der Waals surface area contributed by atoms with Crippen molar-refractivity contribution in [3.63, 3.8) is 0 Å².